The summed E-state index contributed by atoms with van der Waals surface area (Å²) in [5.74, 6) is 2.05. The van der Waals surface area contributed by atoms with E-state index in [2.05, 4.69) is 69.4 Å². The van der Waals surface area contributed by atoms with Crippen LogP contribution in [0, 0.1) is 0 Å². The Balaban J connectivity index is 1.60. The molecule has 1 aromatic heterocycles. The lowest BCUT2D eigenvalue weighted by Gasteiger charge is -2.33. The van der Waals surface area contributed by atoms with E-state index in [1.165, 1.54) is 5.56 Å². The van der Waals surface area contributed by atoms with Gasteiger partial charge in [-0.3, -0.25) is 0 Å². The zero-order chi connectivity index (χ0) is 17.6. The minimum atomic E-state index is 0.315. The van der Waals surface area contributed by atoms with Crippen LogP contribution in [0.2, 0.25) is 0 Å². The van der Waals surface area contributed by atoms with Crippen molar-refractivity contribution in [1.82, 2.24) is 14.9 Å². The predicted octanol–water partition coefficient (Wildman–Crippen LogP) is 2.24. The lowest BCUT2D eigenvalue weighted by Crippen LogP contribution is -2.44. The number of hydrogen-bond acceptors (Lipinski definition) is 6. The molecular formula is C19H28N6. The second-order valence-electron chi connectivity index (χ2n) is 6.83. The van der Waals surface area contributed by atoms with Gasteiger partial charge in [0.1, 0.15) is 11.6 Å². The fourth-order valence-electron chi connectivity index (χ4n) is 3.08. The van der Waals surface area contributed by atoms with Crippen LogP contribution in [0.1, 0.15) is 18.9 Å². The molecule has 1 atom stereocenters. The molecule has 0 amide bonds. The number of aromatic nitrogens is 2. The van der Waals surface area contributed by atoms with Crippen molar-refractivity contribution in [3.63, 3.8) is 0 Å². The molecule has 2 aromatic rings. The molecule has 0 bridgehead atoms. The van der Waals surface area contributed by atoms with Gasteiger partial charge in [-0.05, 0) is 32.4 Å². The number of nitrogen functional groups attached to an aromatic ring is 1. The van der Waals surface area contributed by atoms with Crippen molar-refractivity contribution in [3.8, 4) is 0 Å². The molecule has 0 unspecified atom stereocenters. The van der Waals surface area contributed by atoms with Crippen LogP contribution in [-0.2, 0) is 6.42 Å². The van der Waals surface area contributed by atoms with Gasteiger partial charge < -0.3 is 20.9 Å². The van der Waals surface area contributed by atoms with Crippen molar-refractivity contribution >= 4 is 17.6 Å². The van der Waals surface area contributed by atoms with Crippen LogP contribution in [-0.4, -0.2) is 54.1 Å². The first-order valence-corrected chi connectivity index (χ1v) is 8.98. The topological polar surface area (TPSA) is 70.3 Å². The minimum Gasteiger partial charge on any atom is -0.368 e. The average Bonchev–Trinajstić information content (AvgIpc) is 2.61. The maximum absolute atomic E-state index is 5.93. The summed E-state index contributed by atoms with van der Waals surface area (Å²) in [5.41, 5.74) is 7.29. The second kappa shape index (κ2) is 8.16. The van der Waals surface area contributed by atoms with E-state index < -0.39 is 0 Å². The molecule has 2 heterocycles. The maximum Gasteiger partial charge on any atom is 0.223 e. The fourth-order valence-corrected chi connectivity index (χ4v) is 3.08. The maximum atomic E-state index is 5.93. The highest BCUT2D eigenvalue weighted by molar-refractivity contribution is 5.53. The van der Waals surface area contributed by atoms with E-state index >= 15 is 0 Å². The first-order chi connectivity index (χ1) is 12.1. The highest BCUT2D eigenvalue weighted by Gasteiger charge is 2.17. The van der Waals surface area contributed by atoms with Crippen LogP contribution in [0.25, 0.3) is 0 Å². The molecule has 0 radical (unpaired) electrons. The average molecular weight is 340 g/mol. The van der Waals surface area contributed by atoms with Gasteiger partial charge >= 0.3 is 0 Å². The fraction of sp³-hybridized carbons (Fsp3) is 0.474. The van der Waals surface area contributed by atoms with Gasteiger partial charge in [0.15, 0.2) is 0 Å². The number of likely N-dealkylation sites (N-methyl/N-ethyl adjacent to an activating group) is 1. The van der Waals surface area contributed by atoms with Crippen LogP contribution in [0.5, 0.6) is 0 Å². The standard InChI is InChI=1S/C19H28N6/c1-15(8-9-16-6-4-3-5-7-16)21-17-14-18(23-19(20)22-17)25-12-10-24(2)11-13-25/h3-7,14-15H,8-13H2,1-2H3,(H3,20,21,22,23)/t15-/m1/s1. The molecular weight excluding hydrogens is 312 g/mol. The smallest absolute Gasteiger partial charge is 0.223 e. The predicted molar refractivity (Wildman–Crippen MR) is 104 cm³/mol. The molecule has 6 heteroatoms. The minimum absolute atomic E-state index is 0.315. The molecule has 6 nitrogen and oxygen atoms in total. The largest absolute Gasteiger partial charge is 0.368 e. The molecule has 1 aromatic carbocycles. The number of nitrogens with one attached hydrogen (secondary N) is 1. The summed E-state index contributed by atoms with van der Waals surface area (Å²) in [6, 6.07) is 12.9. The van der Waals surface area contributed by atoms with Crippen molar-refractivity contribution in [3.05, 3.63) is 42.0 Å². The summed E-state index contributed by atoms with van der Waals surface area (Å²) in [6.45, 7) is 6.20. The first-order valence-electron chi connectivity index (χ1n) is 8.98. The number of nitrogens with zero attached hydrogens (tertiary/aromatic N) is 4. The van der Waals surface area contributed by atoms with E-state index in [1.54, 1.807) is 0 Å². The van der Waals surface area contributed by atoms with Crippen LogP contribution in [0.15, 0.2) is 36.4 Å². The van der Waals surface area contributed by atoms with Crippen molar-refractivity contribution in [1.29, 1.82) is 0 Å². The molecule has 1 aliphatic heterocycles. The monoisotopic (exact) mass is 340 g/mol. The SMILES string of the molecule is C[C@H](CCc1ccccc1)Nc1cc(N2CCN(C)CC2)nc(N)n1. The highest BCUT2D eigenvalue weighted by atomic mass is 15.3. The number of hydrogen-bond donors (Lipinski definition) is 2. The highest BCUT2D eigenvalue weighted by Crippen LogP contribution is 2.19. The van der Waals surface area contributed by atoms with Gasteiger partial charge in [0.05, 0.1) is 0 Å². The summed E-state index contributed by atoms with van der Waals surface area (Å²) in [6.07, 6.45) is 2.08. The summed E-state index contributed by atoms with van der Waals surface area (Å²) >= 11 is 0. The molecule has 1 fully saturated rings. The summed E-state index contributed by atoms with van der Waals surface area (Å²) in [7, 11) is 2.15. The second-order valence-corrected chi connectivity index (χ2v) is 6.83. The lowest BCUT2D eigenvalue weighted by atomic mass is 10.1. The van der Waals surface area contributed by atoms with Crippen molar-refractivity contribution in [2.24, 2.45) is 0 Å². The van der Waals surface area contributed by atoms with Crippen molar-refractivity contribution < 1.29 is 0 Å². The summed E-state index contributed by atoms with van der Waals surface area (Å²) < 4.78 is 0. The van der Waals surface area contributed by atoms with Gasteiger partial charge in [-0.2, -0.15) is 9.97 Å². The Kier molecular flexibility index (Phi) is 5.71. The number of rotatable bonds is 6. The number of anilines is 3. The zero-order valence-corrected chi connectivity index (χ0v) is 15.2. The molecule has 0 spiro atoms. The van der Waals surface area contributed by atoms with Crippen LogP contribution in [0.3, 0.4) is 0 Å². The third kappa shape index (κ3) is 5.06. The quantitative estimate of drug-likeness (QED) is 0.840. The van der Waals surface area contributed by atoms with E-state index in [-0.39, 0.29) is 0 Å². The van der Waals surface area contributed by atoms with Gasteiger partial charge in [0.25, 0.3) is 0 Å². The number of aryl methyl sites for hydroxylation is 1. The zero-order valence-electron chi connectivity index (χ0n) is 15.2. The molecule has 134 valence electrons. The van der Waals surface area contributed by atoms with Gasteiger partial charge in [-0.15, -0.1) is 0 Å². The number of benzene rings is 1. The molecule has 0 aliphatic carbocycles. The van der Waals surface area contributed by atoms with E-state index in [0.29, 0.717) is 12.0 Å². The molecule has 1 saturated heterocycles. The lowest BCUT2D eigenvalue weighted by molar-refractivity contribution is 0.312. The van der Waals surface area contributed by atoms with E-state index in [1.807, 2.05) is 6.07 Å². The molecule has 3 rings (SSSR count). The normalized spacial score (nSPS) is 16.6. The van der Waals surface area contributed by atoms with E-state index in [9.17, 15) is 0 Å². The van der Waals surface area contributed by atoms with E-state index in [4.69, 9.17) is 5.73 Å². The van der Waals surface area contributed by atoms with Gasteiger partial charge in [-0.1, -0.05) is 30.3 Å². The Labute approximate surface area is 150 Å². The third-order valence-corrected chi connectivity index (χ3v) is 4.66. The van der Waals surface area contributed by atoms with Crippen molar-refractivity contribution in [2.45, 2.75) is 25.8 Å². The third-order valence-electron chi connectivity index (χ3n) is 4.66. The van der Waals surface area contributed by atoms with Gasteiger partial charge in [0, 0.05) is 38.3 Å². The first kappa shape index (κ1) is 17.5. The van der Waals surface area contributed by atoms with Crippen LogP contribution in [0.4, 0.5) is 17.6 Å². The Bertz CT molecular complexity index is 667. The van der Waals surface area contributed by atoms with Gasteiger partial charge in [0.2, 0.25) is 5.95 Å². The Morgan fingerprint density at radius 1 is 1.12 bits per heavy atom. The summed E-state index contributed by atoms with van der Waals surface area (Å²) in [4.78, 5) is 13.4. The number of piperazine rings is 1. The molecule has 0 saturated carbocycles. The Hall–Kier alpha value is -2.34. The Morgan fingerprint density at radius 3 is 2.56 bits per heavy atom. The summed E-state index contributed by atoms with van der Waals surface area (Å²) in [5, 5.41) is 3.47. The van der Waals surface area contributed by atoms with Crippen LogP contribution < -0.4 is 16.0 Å². The molecule has 1 aliphatic rings. The molecule has 3 N–H and O–H groups in total. The van der Waals surface area contributed by atoms with Crippen molar-refractivity contribution in [2.75, 3.05) is 49.2 Å². The van der Waals surface area contributed by atoms with Crippen LogP contribution >= 0.6 is 0 Å². The van der Waals surface area contributed by atoms with E-state index in [0.717, 1.165) is 50.7 Å². The molecule has 25 heavy (non-hydrogen) atoms. The number of nitrogens with two attached hydrogens (primary N) is 1. The van der Waals surface area contributed by atoms with Gasteiger partial charge in [-0.25, -0.2) is 0 Å². The Morgan fingerprint density at radius 2 is 1.84 bits per heavy atom.